The number of carbonyl (C=O) groups is 1. The third-order valence-electron chi connectivity index (χ3n) is 5.29. The number of benzene rings is 1. The maximum absolute atomic E-state index is 13.7. The van der Waals surface area contributed by atoms with Crippen LogP contribution in [0.1, 0.15) is 80.6 Å². The molecule has 0 saturated heterocycles. The SMILES string of the molecule is CCCCC[C@H]1CC[C@H](CCc2ccc(C(=O)O)c(F)c2)CC1. The van der Waals surface area contributed by atoms with Gasteiger partial charge in [0, 0.05) is 0 Å². The molecule has 1 fully saturated rings. The third kappa shape index (κ3) is 5.63. The minimum Gasteiger partial charge on any atom is -0.478 e. The van der Waals surface area contributed by atoms with Crippen LogP contribution in [0.2, 0.25) is 0 Å². The highest BCUT2D eigenvalue weighted by Crippen LogP contribution is 2.34. The summed E-state index contributed by atoms with van der Waals surface area (Å²) >= 11 is 0. The van der Waals surface area contributed by atoms with Gasteiger partial charge in [0.15, 0.2) is 0 Å². The third-order valence-corrected chi connectivity index (χ3v) is 5.29. The lowest BCUT2D eigenvalue weighted by atomic mass is 9.78. The van der Waals surface area contributed by atoms with E-state index >= 15 is 0 Å². The first-order valence-corrected chi connectivity index (χ1v) is 9.11. The van der Waals surface area contributed by atoms with Crippen LogP contribution in [0.3, 0.4) is 0 Å². The van der Waals surface area contributed by atoms with E-state index < -0.39 is 11.8 Å². The van der Waals surface area contributed by atoms with Crippen molar-refractivity contribution >= 4 is 5.97 Å². The monoisotopic (exact) mass is 320 g/mol. The molecule has 128 valence electrons. The van der Waals surface area contributed by atoms with E-state index in [4.69, 9.17) is 5.11 Å². The zero-order valence-electron chi connectivity index (χ0n) is 14.2. The van der Waals surface area contributed by atoms with Crippen molar-refractivity contribution in [3.05, 3.63) is 35.1 Å². The molecule has 1 aromatic carbocycles. The van der Waals surface area contributed by atoms with Gasteiger partial charge in [-0.2, -0.15) is 0 Å². The minimum atomic E-state index is -1.20. The van der Waals surface area contributed by atoms with E-state index in [-0.39, 0.29) is 5.56 Å². The maximum Gasteiger partial charge on any atom is 0.338 e. The molecule has 0 amide bonds. The van der Waals surface area contributed by atoms with Gasteiger partial charge in [-0.3, -0.25) is 0 Å². The van der Waals surface area contributed by atoms with E-state index in [0.717, 1.165) is 30.2 Å². The number of aromatic carboxylic acids is 1. The van der Waals surface area contributed by atoms with Crippen LogP contribution in [0.15, 0.2) is 18.2 Å². The summed E-state index contributed by atoms with van der Waals surface area (Å²) < 4.78 is 13.7. The fourth-order valence-corrected chi connectivity index (χ4v) is 3.75. The number of unbranched alkanes of at least 4 members (excludes halogenated alkanes) is 2. The van der Waals surface area contributed by atoms with Gasteiger partial charge in [-0.05, 0) is 42.4 Å². The van der Waals surface area contributed by atoms with Crippen LogP contribution < -0.4 is 0 Å². The number of hydrogen-bond donors (Lipinski definition) is 1. The number of rotatable bonds is 8. The molecule has 1 N–H and O–H groups in total. The first-order chi connectivity index (χ1) is 11.1. The first-order valence-electron chi connectivity index (χ1n) is 9.11. The van der Waals surface area contributed by atoms with Crippen LogP contribution in [0, 0.1) is 17.7 Å². The van der Waals surface area contributed by atoms with Crippen molar-refractivity contribution in [2.75, 3.05) is 0 Å². The summed E-state index contributed by atoms with van der Waals surface area (Å²) in [5.74, 6) is -0.144. The molecule has 0 aliphatic heterocycles. The molecule has 1 aromatic rings. The second kappa shape index (κ2) is 9.05. The van der Waals surface area contributed by atoms with Gasteiger partial charge in [-0.15, -0.1) is 0 Å². The molecule has 2 nitrogen and oxygen atoms in total. The fraction of sp³-hybridized carbons (Fsp3) is 0.650. The largest absolute Gasteiger partial charge is 0.478 e. The smallest absolute Gasteiger partial charge is 0.338 e. The predicted molar refractivity (Wildman–Crippen MR) is 91.3 cm³/mol. The van der Waals surface area contributed by atoms with E-state index in [9.17, 15) is 9.18 Å². The Morgan fingerprint density at radius 2 is 1.78 bits per heavy atom. The van der Waals surface area contributed by atoms with Gasteiger partial charge in [0.1, 0.15) is 5.82 Å². The average Bonchev–Trinajstić information content (AvgIpc) is 2.54. The predicted octanol–water partition coefficient (Wildman–Crippen LogP) is 5.84. The summed E-state index contributed by atoms with van der Waals surface area (Å²) in [5, 5.41) is 8.85. The molecule has 0 aromatic heterocycles. The Morgan fingerprint density at radius 1 is 1.13 bits per heavy atom. The Morgan fingerprint density at radius 3 is 2.35 bits per heavy atom. The highest BCUT2D eigenvalue weighted by molar-refractivity contribution is 5.87. The Bertz CT molecular complexity index is 504. The number of carboxylic acid groups (broad SMARTS) is 1. The van der Waals surface area contributed by atoms with E-state index in [0.29, 0.717) is 0 Å². The van der Waals surface area contributed by atoms with Gasteiger partial charge in [0.05, 0.1) is 5.56 Å². The zero-order chi connectivity index (χ0) is 16.7. The normalized spacial score (nSPS) is 21.3. The molecule has 0 unspecified atom stereocenters. The molecule has 0 atom stereocenters. The minimum absolute atomic E-state index is 0.235. The number of carboxylic acids is 1. The van der Waals surface area contributed by atoms with Gasteiger partial charge < -0.3 is 5.11 Å². The summed E-state index contributed by atoms with van der Waals surface area (Å²) in [6.07, 6.45) is 12.7. The van der Waals surface area contributed by atoms with Crippen molar-refractivity contribution in [3.8, 4) is 0 Å². The van der Waals surface area contributed by atoms with Gasteiger partial charge in [-0.1, -0.05) is 64.4 Å². The Balaban J connectivity index is 1.73. The lowest BCUT2D eigenvalue weighted by Crippen LogP contribution is -2.15. The van der Waals surface area contributed by atoms with Crippen molar-refractivity contribution in [2.45, 2.75) is 71.1 Å². The summed E-state index contributed by atoms with van der Waals surface area (Å²) in [5.41, 5.74) is 0.680. The Kier molecular flexibility index (Phi) is 7.07. The fourth-order valence-electron chi connectivity index (χ4n) is 3.75. The lowest BCUT2D eigenvalue weighted by Gasteiger charge is -2.28. The van der Waals surface area contributed by atoms with Gasteiger partial charge in [0.2, 0.25) is 0 Å². The van der Waals surface area contributed by atoms with Crippen molar-refractivity contribution < 1.29 is 14.3 Å². The first kappa shape index (κ1) is 18.0. The molecule has 0 radical (unpaired) electrons. The molecular formula is C20H29FO2. The number of aryl methyl sites for hydroxylation is 1. The summed E-state index contributed by atoms with van der Waals surface area (Å²) in [7, 11) is 0. The highest BCUT2D eigenvalue weighted by atomic mass is 19.1. The standard InChI is InChI=1S/C20H29FO2/c1-2-3-4-5-15-6-8-16(9-7-15)10-11-17-12-13-18(20(22)23)19(21)14-17/h12-16H,2-11H2,1H3,(H,22,23)/t15-,16-. The van der Waals surface area contributed by atoms with Crippen molar-refractivity contribution in [1.82, 2.24) is 0 Å². The van der Waals surface area contributed by atoms with Gasteiger partial charge >= 0.3 is 5.97 Å². The van der Waals surface area contributed by atoms with E-state index in [1.807, 2.05) is 0 Å². The maximum atomic E-state index is 13.7. The van der Waals surface area contributed by atoms with Crippen LogP contribution in [0.25, 0.3) is 0 Å². The number of halogens is 1. The average molecular weight is 320 g/mol. The summed E-state index contributed by atoms with van der Waals surface area (Å²) in [4.78, 5) is 10.8. The second-order valence-corrected chi connectivity index (χ2v) is 7.04. The topological polar surface area (TPSA) is 37.3 Å². The lowest BCUT2D eigenvalue weighted by molar-refractivity contribution is 0.0692. The molecule has 3 heteroatoms. The van der Waals surface area contributed by atoms with Crippen molar-refractivity contribution in [2.24, 2.45) is 11.8 Å². The second-order valence-electron chi connectivity index (χ2n) is 7.04. The molecule has 1 aliphatic rings. The highest BCUT2D eigenvalue weighted by Gasteiger charge is 2.20. The van der Waals surface area contributed by atoms with Crippen LogP contribution in [0.4, 0.5) is 4.39 Å². The number of hydrogen-bond acceptors (Lipinski definition) is 1. The molecule has 0 heterocycles. The van der Waals surface area contributed by atoms with Crippen molar-refractivity contribution in [3.63, 3.8) is 0 Å². The molecule has 2 rings (SSSR count). The molecule has 1 aliphatic carbocycles. The van der Waals surface area contributed by atoms with Crippen LogP contribution >= 0.6 is 0 Å². The van der Waals surface area contributed by atoms with Gasteiger partial charge in [-0.25, -0.2) is 9.18 Å². The molecule has 0 bridgehead atoms. The molecule has 0 spiro atoms. The summed E-state index contributed by atoms with van der Waals surface area (Å²) in [6.45, 7) is 2.25. The van der Waals surface area contributed by atoms with E-state index in [1.54, 1.807) is 6.07 Å². The quantitative estimate of drug-likeness (QED) is 0.611. The van der Waals surface area contributed by atoms with Gasteiger partial charge in [0.25, 0.3) is 0 Å². The van der Waals surface area contributed by atoms with E-state index in [2.05, 4.69) is 6.92 Å². The van der Waals surface area contributed by atoms with Crippen LogP contribution in [0.5, 0.6) is 0 Å². The van der Waals surface area contributed by atoms with E-state index in [1.165, 1.54) is 63.5 Å². The molecule has 1 saturated carbocycles. The molecular weight excluding hydrogens is 291 g/mol. The Labute approximate surface area is 139 Å². The van der Waals surface area contributed by atoms with Crippen LogP contribution in [-0.4, -0.2) is 11.1 Å². The van der Waals surface area contributed by atoms with Crippen LogP contribution in [-0.2, 0) is 6.42 Å². The van der Waals surface area contributed by atoms with Crippen molar-refractivity contribution in [1.29, 1.82) is 0 Å². The zero-order valence-corrected chi connectivity index (χ0v) is 14.2. The molecule has 23 heavy (non-hydrogen) atoms. The Hall–Kier alpha value is -1.38. The summed E-state index contributed by atoms with van der Waals surface area (Å²) in [6, 6.07) is 4.53.